The number of benzene rings is 2. The molecular formula is C25H32N2O5S. The van der Waals surface area contributed by atoms with Crippen molar-refractivity contribution < 1.29 is 23.3 Å². The van der Waals surface area contributed by atoms with Gasteiger partial charge in [-0.3, -0.25) is 13.8 Å². The van der Waals surface area contributed by atoms with E-state index >= 15 is 0 Å². The number of amides is 2. The maximum Gasteiger partial charge on any atom is 0.239 e. The van der Waals surface area contributed by atoms with Gasteiger partial charge in [0, 0.05) is 17.5 Å². The number of aryl methyl sites for hydroxylation is 1. The Balaban J connectivity index is 1.38. The van der Waals surface area contributed by atoms with E-state index < -0.39 is 16.2 Å². The Bertz CT molecular complexity index is 967. The fraction of sp³-hybridized carbons (Fsp3) is 0.440. The van der Waals surface area contributed by atoms with Crippen LogP contribution in [0.5, 0.6) is 11.5 Å². The van der Waals surface area contributed by atoms with E-state index in [-0.39, 0.29) is 24.8 Å². The summed E-state index contributed by atoms with van der Waals surface area (Å²) in [5, 5.41) is 2.36. The zero-order valence-corrected chi connectivity index (χ0v) is 20.1. The second-order valence-electron chi connectivity index (χ2n) is 7.99. The summed E-state index contributed by atoms with van der Waals surface area (Å²) in [4.78, 5) is 26.3. The van der Waals surface area contributed by atoms with Crippen LogP contribution in [-0.2, 0) is 26.8 Å². The van der Waals surface area contributed by atoms with Crippen LogP contribution in [0.25, 0.3) is 0 Å². The van der Waals surface area contributed by atoms with E-state index in [4.69, 9.17) is 9.47 Å². The molecule has 2 aromatic carbocycles. The van der Waals surface area contributed by atoms with Gasteiger partial charge in [0.05, 0.1) is 31.4 Å². The summed E-state index contributed by atoms with van der Waals surface area (Å²) in [5.41, 5.74) is 1.35. The molecule has 2 atom stereocenters. The number of likely N-dealkylation sites (tertiary alicyclic amines) is 1. The molecule has 1 fully saturated rings. The van der Waals surface area contributed by atoms with Crippen LogP contribution in [0.1, 0.15) is 37.7 Å². The van der Waals surface area contributed by atoms with Crippen LogP contribution < -0.4 is 14.8 Å². The van der Waals surface area contributed by atoms with Gasteiger partial charge in [-0.15, -0.1) is 0 Å². The molecule has 0 spiro atoms. The van der Waals surface area contributed by atoms with E-state index in [0.29, 0.717) is 22.9 Å². The number of hydrogen-bond donors (Lipinski definition) is 1. The van der Waals surface area contributed by atoms with E-state index in [1.807, 2.05) is 6.07 Å². The van der Waals surface area contributed by atoms with E-state index in [2.05, 4.69) is 29.6 Å². The van der Waals surface area contributed by atoms with Crippen molar-refractivity contribution in [3.8, 4) is 11.5 Å². The Morgan fingerprint density at radius 3 is 2.45 bits per heavy atom. The minimum Gasteiger partial charge on any atom is -0.493 e. The number of carbonyl (C=O) groups is 2. The third-order valence-corrected chi connectivity index (χ3v) is 7.36. The molecule has 0 radical (unpaired) electrons. The average Bonchev–Trinajstić information content (AvgIpc) is 2.85. The predicted octanol–water partition coefficient (Wildman–Crippen LogP) is 3.29. The number of unbranched alkanes of at least 4 members (excludes halogenated alkanes) is 3. The maximum atomic E-state index is 13.0. The smallest absolute Gasteiger partial charge is 0.239 e. The van der Waals surface area contributed by atoms with Crippen LogP contribution in [0.4, 0.5) is 0 Å². The highest BCUT2D eigenvalue weighted by Gasteiger charge is 2.41. The molecule has 2 aromatic rings. The van der Waals surface area contributed by atoms with Crippen LogP contribution >= 0.6 is 0 Å². The first-order chi connectivity index (χ1) is 16.0. The number of ether oxygens (including phenoxy) is 2. The van der Waals surface area contributed by atoms with Crippen molar-refractivity contribution in [2.24, 2.45) is 0 Å². The molecule has 2 amide bonds. The van der Waals surface area contributed by atoms with E-state index in [1.54, 1.807) is 18.2 Å². The molecule has 0 saturated carbocycles. The summed E-state index contributed by atoms with van der Waals surface area (Å²) in [6, 6.07) is 15.4. The van der Waals surface area contributed by atoms with Gasteiger partial charge in [0.1, 0.15) is 11.9 Å². The Labute approximate surface area is 197 Å². The Morgan fingerprint density at radius 1 is 1.03 bits per heavy atom. The summed E-state index contributed by atoms with van der Waals surface area (Å²) in [7, 11) is 1.57. The van der Waals surface area contributed by atoms with Crippen molar-refractivity contribution in [1.29, 1.82) is 0 Å². The molecule has 3 rings (SSSR count). The lowest BCUT2D eigenvalue weighted by atomic mass is 10.1. The van der Waals surface area contributed by atoms with Crippen molar-refractivity contribution in [2.75, 3.05) is 27.3 Å². The second-order valence-corrected chi connectivity index (χ2v) is 9.60. The Morgan fingerprint density at radius 2 is 1.76 bits per heavy atom. The van der Waals surface area contributed by atoms with Gasteiger partial charge in [-0.05, 0) is 37.0 Å². The number of β-lactam (4-membered cyclic amide) rings is 1. The van der Waals surface area contributed by atoms with Crippen molar-refractivity contribution in [3.63, 3.8) is 0 Å². The lowest BCUT2D eigenvalue weighted by molar-refractivity contribution is -0.145. The highest BCUT2D eigenvalue weighted by atomic mass is 32.2. The third kappa shape index (κ3) is 6.81. The number of methoxy groups -OCH3 is 2. The predicted molar refractivity (Wildman–Crippen MR) is 128 cm³/mol. The first kappa shape index (κ1) is 24.8. The van der Waals surface area contributed by atoms with E-state index in [0.717, 1.165) is 32.1 Å². The molecule has 0 aliphatic carbocycles. The van der Waals surface area contributed by atoms with Gasteiger partial charge in [0.15, 0.2) is 11.5 Å². The number of rotatable bonds is 13. The van der Waals surface area contributed by atoms with E-state index in [1.165, 1.54) is 24.7 Å². The third-order valence-electron chi connectivity index (χ3n) is 5.72. The fourth-order valence-corrected chi connectivity index (χ4v) is 5.25. The van der Waals surface area contributed by atoms with Crippen LogP contribution in [0.3, 0.4) is 0 Å². The minimum atomic E-state index is -1.47. The summed E-state index contributed by atoms with van der Waals surface area (Å²) in [5.74, 6) is 0.632. The van der Waals surface area contributed by atoms with Crippen molar-refractivity contribution >= 4 is 22.6 Å². The highest BCUT2D eigenvalue weighted by Crippen LogP contribution is 2.32. The lowest BCUT2D eigenvalue weighted by Gasteiger charge is -2.39. The normalized spacial score (nSPS) is 16.1. The Hall–Kier alpha value is -2.87. The van der Waals surface area contributed by atoms with Gasteiger partial charge < -0.3 is 19.7 Å². The summed E-state index contributed by atoms with van der Waals surface area (Å²) < 4.78 is 23.5. The molecule has 0 bridgehead atoms. The van der Waals surface area contributed by atoms with Crippen LogP contribution in [0.2, 0.25) is 0 Å². The molecule has 2 unspecified atom stereocenters. The minimum absolute atomic E-state index is 0.0729. The maximum absolute atomic E-state index is 13.0. The monoisotopic (exact) mass is 472 g/mol. The van der Waals surface area contributed by atoms with Gasteiger partial charge in [-0.1, -0.05) is 43.2 Å². The molecule has 1 saturated heterocycles. The Kier molecular flexibility index (Phi) is 9.30. The zero-order valence-electron chi connectivity index (χ0n) is 19.2. The lowest BCUT2D eigenvalue weighted by Crippen LogP contribution is -2.57. The summed E-state index contributed by atoms with van der Waals surface area (Å²) >= 11 is 0. The van der Waals surface area contributed by atoms with Crippen molar-refractivity contribution in [3.05, 3.63) is 54.1 Å². The van der Waals surface area contributed by atoms with Gasteiger partial charge in [-0.2, -0.15) is 0 Å². The fourth-order valence-electron chi connectivity index (χ4n) is 3.80. The molecule has 8 heteroatoms. The number of carbonyl (C=O) groups excluding carboxylic acids is 2. The molecule has 33 heavy (non-hydrogen) atoms. The van der Waals surface area contributed by atoms with Crippen LogP contribution in [0.15, 0.2) is 53.4 Å². The topological polar surface area (TPSA) is 84.9 Å². The molecular weight excluding hydrogens is 440 g/mol. The molecule has 1 aliphatic heterocycles. The van der Waals surface area contributed by atoms with E-state index in [9.17, 15) is 13.8 Å². The quantitative estimate of drug-likeness (QED) is 0.357. The highest BCUT2D eigenvalue weighted by molar-refractivity contribution is 7.85. The second kappa shape index (κ2) is 12.4. The zero-order chi connectivity index (χ0) is 23.6. The molecule has 7 nitrogen and oxygen atoms in total. The van der Waals surface area contributed by atoms with Gasteiger partial charge >= 0.3 is 0 Å². The van der Waals surface area contributed by atoms with Crippen molar-refractivity contribution in [2.45, 2.75) is 48.8 Å². The largest absolute Gasteiger partial charge is 0.493 e. The average molecular weight is 473 g/mol. The molecule has 1 heterocycles. The summed E-state index contributed by atoms with van der Waals surface area (Å²) in [6.07, 6.45) is 5.42. The number of hydrogen-bond acceptors (Lipinski definition) is 5. The first-order valence-corrected chi connectivity index (χ1v) is 12.5. The molecule has 178 valence electrons. The van der Waals surface area contributed by atoms with Gasteiger partial charge in [-0.25, -0.2) is 0 Å². The molecule has 0 aromatic heterocycles. The number of nitrogens with zero attached hydrogens (tertiary/aromatic N) is 1. The van der Waals surface area contributed by atoms with Gasteiger partial charge in [0.2, 0.25) is 11.8 Å². The standard InChI is InChI=1S/C25H32N2O5S/c1-31-21-14-13-20(16-22(21)32-2)33(30)25-17-24(29)27(25)18-23(28)26-15-9-4-3-6-10-19-11-7-5-8-12-19/h5,7-8,11-14,16,25H,3-4,6,9-10,15,17-18H2,1-2H3,(H,26,28). The van der Waals surface area contributed by atoms with Crippen molar-refractivity contribution in [1.82, 2.24) is 10.2 Å². The first-order valence-electron chi connectivity index (χ1n) is 11.3. The van der Waals surface area contributed by atoms with Gasteiger partial charge in [0.25, 0.3) is 0 Å². The molecule has 1 N–H and O–H groups in total. The SMILES string of the molecule is COc1ccc(S(=O)C2CC(=O)N2CC(=O)NCCCCCCc2ccccc2)cc1OC. The van der Waals surface area contributed by atoms with Crippen LogP contribution in [-0.4, -0.2) is 53.6 Å². The molecule has 1 aliphatic rings. The summed E-state index contributed by atoms with van der Waals surface area (Å²) in [6.45, 7) is 0.506. The number of nitrogens with one attached hydrogen (secondary N) is 1. The van der Waals surface area contributed by atoms with Crippen LogP contribution in [0, 0.1) is 0 Å².